The zero-order valence-corrected chi connectivity index (χ0v) is 32.9. The minimum absolute atomic E-state index is 0.0713. The van der Waals surface area contributed by atoms with Gasteiger partial charge in [-0.2, -0.15) is 5.10 Å². The van der Waals surface area contributed by atoms with Crippen molar-refractivity contribution in [1.29, 1.82) is 0 Å². The number of hydrogen-bond donors (Lipinski definition) is 5. The number of benzene rings is 1. The first-order valence-electron chi connectivity index (χ1n) is 19.8. The first-order valence-corrected chi connectivity index (χ1v) is 19.8. The van der Waals surface area contributed by atoms with Gasteiger partial charge in [0.25, 0.3) is 18.2 Å². The van der Waals surface area contributed by atoms with Crippen LogP contribution >= 0.6 is 0 Å². The summed E-state index contributed by atoms with van der Waals surface area (Å²) < 4.78 is 44.9. The molecule has 1 atom stereocenters. The molecule has 19 nitrogen and oxygen atoms in total. The van der Waals surface area contributed by atoms with Crippen LogP contribution in [0.1, 0.15) is 87.4 Å². The van der Waals surface area contributed by atoms with Gasteiger partial charge in [-0.05, 0) is 60.9 Å². The maximum absolute atomic E-state index is 13.8. The normalized spacial score (nSPS) is 16.1. The van der Waals surface area contributed by atoms with Gasteiger partial charge in [-0.25, -0.2) is 28.2 Å². The van der Waals surface area contributed by atoms with Crippen molar-refractivity contribution in [2.24, 2.45) is 5.92 Å². The molecule has 3 aliphatic rings. The van der Waals surface area contributed by atoms with E-state index < -0.39 is 41.9 Å². The molecule has 0 radical (unpaired) electrons. The molecule has 61 heavy (non-hydrogen) atoms. The van der Waals surface area contributed by atoms with Gasteiger partial charge in [0.1, 0.15) is 18.1 Å². The van der Waals surface area contributed by atoms with E-state index in [1.165, 1.54) is 17.7 Å². The lowest BCUT2D eigenvalue weighted by atomic mass is 10.0. The lowest BCUT2D eigenvalue weighted by molar-refractivity contribution is -0.136. The Kier molecular flexibility index (Phi) is 13.7. The Bertz CT molecular complexity index is 2280. The molecule has 6 amide bonds. The molecule has 0 bridgehead atoms. The molecule has 2 fully saturated rings. The Morgan fingerprint density at radius 1 is 1.00 bits per heavy atom. The maximum Gasteiger partial charge on any atom is 0.315 e. The number of amides is 6. The number of hydrogen-bond acceptors (Lipinski definition) is 13. The van der Waals surface area contributed by atoms with Crippen LogP contribution in [0.2, 0.25) is 0 Å². The van der Waals surface area contributed by atoms with E-state index in [1.54, 1.807) is 36.5 Å². The van der Waals surface area contributed by atoms with E-state index in [0.29, 0.717) is 22.9 Å². The van der Waals surface area contributed by atoms with Crippen LogP contribution < -0.4 is 26.6 Å². The molecule has 1 aromatic carbocycles. The smallest absolute Gasteiger partial charge is 0.315 e. The highest BCUT2D eigenvalue weighted by Gasteiger charge is 2.39. The van der Waals surface area contributed by atoms with E-state index in [4.69, 9.17) is 13.9 Å². The van der Waals surface area contributed by atoms with Crippen molar-refractivity contribution < 1.29 is 51.4 Å². The van der Waals surface area contributed by atoms with Crippen LogP contribution in [-0.4, -0.2) is 106 Å². The van der Waals surface area contributed by atoms with E-state index in [0.717, 1.165) is 34.8 Å². The van der Waals surface area contributed by atoms with Gasteiger partial charge in [-0.1, -0.05) is 12.1 Å². The quantitative estimate of drug-likeness (QED) is 0.0631. The van der Waals surface area contributed by atoms with E-state index in [-0.39, 0.29) is 101 Å². The lowest BCUT2D eigenvalue weighted by Crippen LogP contribution is -2.52. The fourth-order valence-corrected chi connectivity index (χ4v) is 6.68. The average molecular weight is 847 g/mol. The summed E-state index contributed by atoms with van der Waals surface area (Å²) in [6, 6.07) is 7.48. The summed E-state index contributed by atoms with van der Waals surface area (Å²) in [6.07, 6.45) is 3.64. The number of carbonyl (C=O) groups is 6. The van der Waals surface area contributed by atoms with Crippen molar-refractivity contribution in [3.05, 3.63) is 77.1 Å². The van der Waals surface area contributed by atoms with Crippen molar-refractivity contribution in [3.8, 4) is 11.5 Å². The molecule has 1 aliphatic carbocycles. The van der Waals surface area contributed by atoms with Gasteiger partial charge in [0.15, 0.2) is 11.4 Å². The van der Waals surface area contributed by atoms with Crippen molar-refractivity contribution in [2.75, 3.05) is 50.2 Å². The molecule has 2 aliphatic heterocycles. The second kappa shape index (κ2) is 19.6. The summed E-state index contributed by atoms with van der Waals surface area (Å²) in [5.74, 6) is -1.09. The third kappa shape index (κ3) is 11.2. The molecular weight excluding hydrogens is 802 g/mol. The second-order valence-corrected chi connectivity index (χ2v) is 14.6. The van der Waals surface area contributed by atoms with Crippen LogP contribution in [0.15, 0.2) is 53.4 Å². The monoisotopic (exact) mass is 846 g/mol. The maximum atomic E-state index is 13.8. The summed E-state index contributed by atoms with van der Waals surface area (Å²) in [4.78, 5) is 84.5. The number of fused-ring (bicyclic) bond motifs is 1. The van der Waals surface area contributed by atoms with Gasteiger partial charge >= 0.3 is 6.03 Å². The molecule has 5 N–H and O–H groups in total. The zero-order valence-electron chi connectivity index (χ0n) is 32.9. The van der Waals surface area contributed by atoms with Gasteiger partial charge in [0.2, 0.25) is 23.6 Å². The topological polar surface area (TPSA) is 241 Å². The second-order valence-electron chi connectivity index (χ2n) is 14.6. The van der Waals surface area contributed by atoms with Gasteiger partial charge in [-0.15, -0.1) is 0 Å². The van der Waals surface area contributed by atoms with Crippen LogP contribution in [-0.2, 0) is 32.2 Å². The van der Waals surface area contributed by atoms with E-state index in [2.05, 4.69) is 41.7 Å². The minimum Gasteiger partial charge on any atom is -0.444 e. The van der Waals surface area contributed by atoms with Crippen LogP contribution in [0, 0.1) is 5.92 Å². The molecule has 1 saturated carbocycles. The lowest BCUT2D eigenvalue weighted by Gasteiger charge is -2.29. The Balaban J connectivity index is 0.751. The van der Waals surface area contributed by atoms with E-state index in [9.17, 15) is 37.5 Å². The number of alkyl halides is 2. The highest BCUT2D eigenvalue weighted by atomic mass is 19.3. The summed E-state index contributed by atoms with van der Waals surface area (Å²) in [7, 11) is 0. The molecule has 7 rings (SSSR count). The third-order valence-electron chi connectivity index (χ3n) is 10.1. The number of anilines is 2. The van der Waals surface area contributed by atoms with E-state index >= 15 is 0 Å². The molecule has 0 spiro atoms. The first kappa shape index (κ1) is 42.5. The van der Waals surface area contributed by atoms with Crippen LogP contribution in [0.5, 0.6) is 0 Å². The molecule has 5 heterocycles. The average Bonchev–Trinajstić information content (AvgIpc) is 3.60. The summed E-state index contributed by atoms with van der Waals surface area (Å²) in [6.45, 7) is 2.27. The number of halogens is 2. The van der Waals surface area contributed by atoms with Crippen LogP contribution in [0.4, 0.5) is 25.1 Å². The summed E-state index contributed by atoms with van der Waals surface area (Å²) >= 11 is 0. The van der Waals surface area contributed by atoms with Crippen molar-refractivity contribution in [1.82, 2.24) is 40.6 Å². The molecular formula is C40H44F2N10O9. The largest absolute Gasteiger partial charge is 0.444 e. The first-order chi connectivity index (χ1) is 29.5. The number of imide groups is 1. The zero-order chi connectivity index (χ0) is 42.9. The molecule has 21 heteroatoms. The SMILES string of the molecule is O=C1CCC(N2Cc3cc(CNC(=O)NCCOCCOCCCC(=O)n4cc(NC(=O)c5coc(-c6ccnc(NCC7CC7)c6)n5)c(C(F)F)n4)ccc3C2=O)C(=O)N1. The predicted octanol–water partition coefficient (Wildman–Crippen LogP) is 3.66. The minimum atomic E-state index is -3.07. The molecule has 322 valence electrons. The highest BCUT2D eigenvalue weighted by molar-refractivity contribution is 6.05. The Morgan fingerprint density at radius 3 is 2.61 bits per heavy atom. The van der Waals surface area contributed by atoms with Crippen molar-refractivity contribution >= 4 is 47.1 Å². The molecule has 3 aromatic heterocycles. The number of carbonyl (C=O) groups excluding carboxylic acids is 6. The third-order valence-corrected chi connectivity index (χ3v) is 10.1. The van der Waals surface area contributed by atoms with Gasteiger partial charge < -0.3 is 40.1 Å². The van der Waals surface area contributed by atoms with Crippen molar-refractivity contribution in [2.45, 2.75) is 64.1 Å². The standard InChI is InChI=1S/C40H44F2N10O9/c41-35(42)34-28(47-36(55)29-22-61-38(48-29)25-9-10-43-31(17-25)45-18-23-3-4-23)21-52(50-34)33(54)2-1-12-59-14-15-60-13-11-44-40(58)46-19-24-5-6-27-26(16-24)20-51(39(27)57)30-7-8-32(53)49-37(30)56/h5-6,9-10,16-17,21-23,30,35H,1-4,7-8,11-15,18-20H2,(H,43,45)(H,47,55)(H2,44,46,58)(H,49,53,56). The van der Waals surface area contributed by atoms with Crippen molar-refractivity contribution in [3.63, 3.8) is 0 Å². The summed E-state index contributed by atoms with van der Waals surface area (Å²) in [5.41, 5.74) is 1.29. The molecule has 4 aromatic rings. The number of piperidine rings is 1. The number of pyridine rings is 1. The number of oxazole rings is 1. The molecule has 1 unspecified atom stereocenters. The Morgan fingerprint density at radius 2 is 1.82 bits per heavy atom. The number of nitrogens with zero attached hydrogens (tertiary/aromatic N) is 5. The number of nitrogens with one attached hydrogen (secondary N) is 5. The highest BCUT2D eigenvalue weighted by Crippen LogP contribution is 2.31. The number of urea groups is 1. The number of aromatic nitrogens is 4. The van der Waals surface area contributed by atoms with Crippen LogP contribution in [0.25, 0.3) is 11.5 Å². The number of ether oxygens (including phenoxy) is 2. The fraction of sp³-hybridized carbons (Fsp3) is 0.425. The van der Waals surface area contributed by atoms with Gasteiger partial charge in [0.05, 0.1) is 31.7 Å². The van der Waals surface area contributed by atoms with E-state index in [1.807, 2.05) is 0 Å². The van der Waals surface area contributed by atoms with Gasteiger partial charge in [-0.3, -0.25) is 29.3 Å². The predicted molar refractivity (Wildman–Crippen MR) is 210 cm³/mol. The summed E-state index contributed by atoms with van der Waals surface area (Å²) in [5, 5.41) is 17.0. The number of rotatable bonds is 20. The fourth-order valence-electron chi connectivity index (χ4n) is 6.68. The molecule has 1 saturated heterocycles. The van der Waals surface area contributed by atoms with Crippen LogP contribution in [0.3, 0.4) is 0 Å². The van der Waals surface area contributed by atoms with Gasteiger partial charge in [0, 0.05) is 63.0 Å². The Hall–Kier alpha value is -6.61. The Labute approximate surface area is 347 Å².